The van der Waals surface area contributed by atoms with E-state index in [1.54, 1.807) is 48.5 Å². The molecule has 0 aliphatic heterocycles. The van der Waals surface area contributed by atoms with E-state index in [1.807, 2.05) is 32.0 Å². The monoisotopic (exact) mass is 442 g/mol. The Bertz CT molecular complexity index is 1190. The molecule has 0 saturated carbocycles. The van der Waals surface area contributed by atoms with Gasteiger partial charge in [0.2, 0.25) is 0 Å². The number of esters is 2. The van der Waals surface area contributed by atoms with Crippen LogP contribution >= 0.6 is 0 Å². The van der Waals surface area contributed by atoms with Crippen LogP contribution in [0.25, 0.3) is 5.57 Å². The molecular formula is C29H30O4. The Morgan fingerprint density at radius 2 is 1.18 bits per heavy atom. The zero-order valence-corrected chi connectivity index (χ0v) is 20.1. The topological polar surface area (TPSA) is 52.6 Å². The second-order valence-electron chi connectivity index (χ2n) is 8.60. The predicted molar refractivity (Wildman–Crippen MR) is 132 cm³/mol. The summed E-state index contributed by atoms with van der Waals surface area (Å²) in [5, 5.41) is 0. The molecule has 0 spiro atoms. The fraction of sp³-hybridized carbons (Fsp3) is 0.241. The van der Waals surface area contributed by atoms with Gasteiger partial charge in [-0.15, -0.1) is 0 Å². The van der Waals surface area contributed by atoms with Crippen molar-refractivity contribution in [2.45, 2.75) is 41.5 Å². The van der Waals surface area contributed by atoms with Gasteiger partial charge in [0.1, 0.15) is 0 Å². The lowest BCUT2D eigenvalue weighted by molar-refractivity contribution is 0.0680. The van der Waals surface area contributed by atoms with Gasteiger partial charge in [-0.25, -0.2) is 9.59 Å². The smallest absolute Gasteiger partial charge is 0.343 e. The number of allylic oxidation sites excluding steroid dienone is 2. The molecule has 0 aliphatic carbocycles. The van der Waals surface area contributed by atoms with Crippen molar-refractivity contribution in [1.82, 2.24) is 0 Å². The molecule has 0 saturated heterocycles. The van der Waals surface area contributed by atoms with Crippen LogP contribution in [0, 0.1) is 19.8 Å². The van der Waals surface area contributed by atoms with E-state index in [2.05, 4.69) is 27.7 Å². The summed E-state index contributed by atoms with van der Waals surface area (Å²) in [7, 11) is 0. The fourth-order valence-corrected chi connectivity index (χ4v) is 4.00. The van der Waals surface area contributed by atoms with Gasteiger partial charge in [0.25, 0.3) is 0 Å². The van der Waals surface area contributed by atoms with Crippen molar-refractivity contribution in [3.8, 4) is 11.5 Å². The molecule has 0 aliphatic rings. The van der Waals surface area contributed by atoms with Crippen LogP contribution in [0.2, 0.25) is 0 Å². The third-order valence-electron chi connectivity index (χ3n) is 5.48. The first-order valence-electron chi connectivity index (χ1n) is 11.1. The lowest BCUT2D eigenvalue weighted by atomic mass is 9.87. The van der Waals surface area contributed by atoms with Crippen molar-refractivity contribution in [2.75, 3.05) is 0 Å². The number of carbonyl (C=O) groups is 2. The lowest BCUT2D eigenvalue weighted by Crippen LogP contribution is -2.15. The molecule has 0 heterocycles. The Hall–Kier alpha value is -3.66. The van der Waals surface area contributed by atoms with Gasteiger partial charge in [-0.3, -0.25) is 0 Å². The van der Waals surface area contributed by atoms with E-state index in [1.165, 1.54) is 11.1 Å². The van der Waals surface area contributed by atoms with Gasteiger partial charge in [-0.1, -0.05) is 55.8 Å². The molecule has 0 amide bonds. The highest BCUT2D eigenvalue weighted by atomic mass is 16.6. The Morgan fingerprint density at radius 3 is 1.61 bits per heavy atom. The minimum Gasteiger partial charge on any atom is -0.419 e. The van der Waals surface area contributed by atoms with Crippen LogP contribution in [0.15, 0.2) is 72.3 Å². The molecule has 4 heteroatoms. The van der Waals surface area contributed by atoms with Crippen LogP contribution in [0.4, 0.5) is 0 Å². The minimum absolute atomic E-state index is 0.256. The Morgan fingerprint density at radius 1 is 0.727 bits per heavy atom. The highest BCUT2D eigenvalue weighted by molar-refractivity contribution is 5.94. The largest absolute Gasteiger partial charge is 0.419 e. The molecule has 0 N–H and O–H groups in total. The molecule has 0 radical (unpaired) electrons. The number of carbonyl (C=O) groups excluding carboxylic acids is 2. The number of ether oxygens (including phenoxy) is 2. The van der Waals surface area contributed by atoms with E-state index < -0.39 is 11.9 Å². The summed E-state index contributed by atoms with van der Waals surface area (Å²) in [4.78, 5) is 25.8. The Balaban J connectivity index is 2.15. The van der Waals surface area contributed by atoms with Gasteiger partial charge in [0.15, 0.2) is 11.5 Å². The average molecular weight is 443 g/mol. The summed E-state index contributed by atoms with van der Waals surface area (Å²) in [6.07, 6.45) is 0. The number of hydrogen-bond donors (Lipinski definition) is 0. The fourth-order valence-electron chi connectivity index (χ4n) is 4.00. The molecule has 0 aromatic heterocycles. The summed E-state index contributed by atoms with van der Waals surface area (Å²) in [5.74, 6) is -0.220. The standard InChI is InChI=1S/C29H30O4/c1-18(2)25(19(3)4)24-17-20(5)26(32-28(30)22-13-9-7-10-14-22)27(21(24)6)33-29(31)23-15-11-8-12-16-23/h7-18H,1-6H3. The van der Waals surface area contributed by atoms with Crippen molar-refractivity contribution < 1.29 is 19.1 Å². The number of rotatable bonds is 6. The minimum atomic E-state index is -0.505. The van der Waals surface area contributed by atoms with Gasteiger partial charge in [-0.05, 0) is 80.6 Å². The molecule has 3 aromatic rings. The van der Waals surface area contributed by atoms with Crippen LogP contribution in [0.3, 0.4) is 0 Å². The SMILES string of the molecule is CC(C)=C(c1cc(C)c(OC(=O)c2ccccc2)c(OC(=O)c2ccccc2)c1C)C(C)C. The summed E-state index contributed by atoms with van der Waals surface area (Å²) < 4.78 is 11.7. The zero-order valence-electron chi connectivity index (χ0n) is 20.1. The first-order valence-corrected chi connectivity index (χ1v) is 11.1. The normalized spacial score (nSPS) is 10.6. The second-order valence-corrected chi connectivity index (χ2v) is 8.60. The van der Waals surface area contributed by atoms with Gasteiger partial charge in [0, 0.05) is 5.56 Å². The van der Waals surface area contributed by atoms with Crippen LogP contribution in [0.1, 0.15) is 65.1 Å². The molecule has 33 heavy (non-hydrogen) atoms. The van der Waals surface area contributed by atoms with Crippen LogP contribution in [0.5, 0.6) is 11.5 Å². The summed E-state index contributed by atoms with van der Waals surface area (Å²) in [6, 6.07) is 19.6. The maximum Gasteiger partial charge on any atom is 0.343 e. The van der Waals surface area contributed by atoms with Crippen LogP contribution in [-0.2, 0) is 0 Å². The number of benzene rings is 3. The highest BCUT2D eigenvalue weighted by Gasteiger charge is 2.25. The first kappa shape index (κ1) is 24.0. The third-order valence-corrected chi connectivity index (χ3v) is 5.48. The first-order chi connectivity index (χ1) is 15.7. The summed E-state index contributed by atoms with van der Waals surface area (Å²) in [6.45, 7) is 12.2. The number of aryl methyl sites for hydroxylation is 1. The van der Waals surface area contributed by atoms with Crippen LogP contribution in [-0.4, -0.2) is 11.9 Å². The van der Waals surface area contributed by atoms with Gasteiger partial charge < -0.3 is 9.47 Å². The van der Waals surface area contributed by atoms with Crippen molar-refractivity contribution in [1.29, 1.82) is 0 Å². The van der Waals surface area contributed by atoms with Gasteiger partial charge >= 0.3 is 11.9 Å². The molecule has 3 aromatic carbocycles. The molecule has 170 valence electrons. The average Bonchev–Trinajstić information content (AvgIpc) is 2.79. The van der Waals surface area contributed by atoms with E-state index in [-0.39, 0.29) is 17.4 Å². The molecule has 0 unspecified atom stereocenters. The summed E-state index contributed by atoms with van der Waals surface area (Å²) >= 11 is 0. The number of hydrogen-bond acceptors (Lipinski definition) is 4. The molecule has 3 rings (SSSR count). The molecule has 0 fully saturated rings. The van der Waals surface area contributed by atoms with Crippen molar-refractivity contribution in [3.63, 3.8) is 0 Å². The predicted octanol–water partition coefficient (Wildman–Crippen LogP) is 7.19. The lowest BCUT2D eigenvalue weighted by Gasteiger charge is -2.22. The van der Waals surface area contributed by atoms with E-state index in [9.17, 15) is 9.59 Å². The second kappa shape index (κ2) is 10.3. The molecule has 0 atom stereocenters. The Labute approximate surface area is 195 Å². The molecule has 4 nitrogen and oxygen atoms in total. The van der Waals surface area contributed by atoms with E-state index >= 15 is 0 Å². The van der Waals surface area contributed by atoms with E-state index in [0.717, 1.165) is 16.7 Å². The quantitative estimate of drug-likeness (QED) is 0.299. The van der Waals surface area contributed by atoms with Crippen LogP contribution < -0.4 is 9.47 Å². The van der Waals surface area contributed by atoms with Gasteiger partial charge in [-0.2, -0.15) is 0 Å². The maximum atomic E-state index is 13.0. The Kier molecular flexibility index (Phi) is 7.49. The summed E-state index contributed by atoms with van der Waals surface area (Å²) in [5.41, 5.74) is 5.66. The molecule has 0 bridgehead atoms. The van der Waals surface area contributed by atoms with Gasteiger partial charge in [0.05, 0.1) is 11.1 Å². The van der Waals surface area contributed by atoms with Crippen molar-refractivity contribution in [3.05, 3.63) is 100 Å². The van der Waals surface area contributed by atoms with E-state index in [0.29, 0.717) is 11.1 Å². The van der Waals surface area contributed by atoms with Crippen molar-refractivity contribution >= 4 is 17.5 Å². The zero-order chi connectivity index (χ0) is 24.1. The third kappa shape index (κ3) is 5.40. The maximum absolute atomic E-state index is 13.0. The van der Waals surface area contributed by atoms with E-state index in [4.69, 9.17) is 9.47 Å². The van der Waals surface area contributed by atoms with Crippen molar-refractivity contribution in [2.24, 2.45) is 5.92 Å². The highest BCUT2D eigenvalue weighted by Crippen LogP contribution is 2.42. The molecular weight excluding hydrogens is 412 g/mol.